The van der Waals surface area contributed by atoms with Crippen molar-refractivity contribution in [3.8, 4) is 0 Å². The lowest BCUT2D eigenvalue weighted by molar-refractivity contribution is -0.122. The number of Topliss-reactive ketones (excluding diaryl/α,β-unsaturated/α-hetero) is 1. The van der Waals surface area contributed by atoms with Gasteiger partial charge in [0.2, 0.25) is 5.91 Å². The summed E-state index contributed by atoms with van der Waals surface area (Å²) in [7, 11) is 0. The van der Waals surface area contributed by atoms with Crippen LogP contribution in [0.3, 0.4) is 0 Å². The number of ketones is 1. The van der Waals surface area contributed by atoms with Crippen LogP contribution < -0.4 is 10.6 Å². The van der Waals surface area contributed by atoms with Crippen molar-refractivity contribution in [1.82, 2.24) is 10.6 Å². The van der Waals surface area contributed by atoms with Gasteiger partial charge in [-0.1, -0.05) is 38.5 Å². The molecule has 2 amide bonds. The molecular weight excluding hydrogens is 440 g/mol. The molecule has 9 atom stereocenters. The minimum absolute atomic E-state index is 0.0478. The van der Waals surface area contributed by atoms with Gasteiger partial charge in [0.1, 0.15) is 11.3 Å². The molecule has 0 aromatic heterocycles. The number of nitrogens with one attached hydrogen (secondary N) is 2. The number of allylic oxidation sites excluding steroid dienone is 3. The predicted octanol–water partition coefficient (Wildman–Crippen LogP) is 4.24. The Labute approximate surface area is 208 Å². The van der Waals surface area contributed by atoms with Crippen molar-refractivity contribution >= 4 is 17.6 Å². The zero-order chi connectivity index (χ0) is 24.7. The zero-order valence-corrected chi connectivity index (χ0v) is 21.0. The number of hydrogen-bond acceptors (Lipinski definition) is 4. The van der Waals surface area contributed by atoms with Crippen LogP contribution in [0.15, 0.2) is 35.6 Å². The fourth-order valence-electron chi connectivity index (χ4n) is 8.29. The average Bonchev–Trinajstić information content (AvgIpc) is 3.44. The van der Waals surface area contributed by atoms with Crippen molar-refractivity contribution in [3.63, 3.8) is 0 Å². The van der Waals surface area contributed by atoms with E-state index in [1.54, 1.807) is 6.08 Å². The lowest BCUT2D eigenvalue weighted by Gasteiger charge is -2.35. The predicted molar refractivity (Wildman–Crippen MR) is 134 cm³/mol. The molecule has 0 spiro atoms. The van der Waals surface area contributed by atoms with Gasteiger partial charge >= 0.3 is 0 Å². The van der Waals surface area contributed by atoms with Crippen molar-refractivity contribution in [2.24, 2.45) is 47.3 Å². The van der Waals surface area contributed by atoms with E-state index in [0.717, 1.165) is 31.1 Å². The van der Waals surface area contributed by atoms with Gasteiger partial charge in [0.05, 0.1) is 6.04 Å². The minimum Gasteiger partial charge on any atom is -0.509 e. The van der Waals surface area contributed by atoms with Crippen molar-refractivity contribution in [2.75, 3.05) is 6.54 Å². The number of aliphatic hydroxyl groups is 1. The van der Waals surface area contributed by atoms with Gasteiger partial charge in [0.15, 0.2) is 5.78 Å². The van der Waals surface area contributed by atoms with E-state index in [1.165, 1.54) is 12.8 Å². The van der Waals surface area contributed by atoms with Gasteiger partial charge in [-0.05, 0) is 91.9 Å². The number of hydrogen-bond donors (Lipinski definition) is 3. The Bertz CT molecular complexity index is 966. The lowest BCUT2D eigenvalue weighted by Crippen LogP contribution is -2.31. The van der Waals surface area contributed by atoms with Crippen LogP contribution in [-0.2, 0) is 14.4 Å². The van der Waals surface area contributed by atoms with E-state index in [4.69, 9.17) is 0 Å². The summed E-state index contributed by atoms with van der Waals surface area (Å²) in [5, 5.41) is 16.3. The fourth-order valence-corrected chi connectivity index (χ4v) is 8.29. The molecule has 5 aliphatic rings. The summed E-state index contributed by atoms with van der Waals surface area (Å²) >= 11 is 0. The van der Waals surface area contributed by atoms with Crippen LogP contribution >= 0.6 is 0 Å². The lowest BCUT2D eigenvalue weighted by atomic mass is 9.69. The van der Waals surface area contributed by atoms with Gasteiger partial charge in [0, 0.05) is 13.0 Å². The largest absolute Gasteiger partial charge is 0.509 e. The first kappa shape index (κ1) is 24.3. The van der Waals surface area contributed by atoms with Crippen LogP contribution in [0.4, 0.5) is 0 Å². The third-order valence-corrected chi connectivity index (χ3v) is 9.90. The van der Waals surface area contributed by atoms with Crippen molar-refractivity contribution in [1.29, 1.82) is 0 Å². The van der Waals surface area contributed by atoms with Crippen LogP contribution in [0, 0.1) is 47.3 Å². The van der Waals surface area contributed by atoms with Gasteiger partial charge in [-0.25, -0.2) is 0 Å². The molecule has 0 saturated heterocycles. The Hall–Kier alpha value is -2.37. The minimum atomic E-state index is -0.540. The summed E-state index contributed by atoms with van der Waals surface area (Å²) < 4.78 is 0. The van der Waals surface area contributed by atoms with E-state index in [0.29, 0.717) is 54.9 Å². The summed E-state index contributed by atoms with van der Waals surface area (Å²) in [6.07, 6.45) is 15.2. The molecule has 190 valence electrons. The Balaban J connectivity index is 1.39. The van der Waals surface area contributed by atoms with Crippen LogP contribution in [0.25, 0.3) is 0 Å². The second-order valence-corrected chi connectivity index (χ2v) is 11.6. The van der Waals surface area contributed by atoms with E-state index >= 15 is 0 Å². The summed E-state index contributed by atoms with van der Waals surface area (Å²) in [4.78, 5) is 37.9. The van der Waals surface area contributed by atoms with Crippen LogP contribution in [-0.4, -0.2) is 35.3 Å². The molecular formula is C29H40N2O4. The van der Waals surface area contributed by atoms with Crippen molar-refractivity contribution in [2.45, 2.75) is 71.3 Å². The molecule has 0 aromatic rings. The first-order valence-electron chi connectivity index (χ1n) is 13.8. The smallest absolute Gasteiger partial charge is 0.259 e. The van der Waals surface area contributed by atoms with E-state index in [1.807, 2.05) is 6.08 Å². The molecule has 2 fully saturated rings. The molecule has 2 saturated carbocycles. The van der Waals surface area contributed by atoms with Gasteiger partial charge in [0.25, 0.3) is 5.91 Å². The number of carbonyl (C=O) groups excluding carboxylic acids is 3. The normalized spacial score (nSPS) is 42.8. The maximum atomic E-state index is 13.1. The number of amides is 2. The standard InChI is InChI=1S/C29H40N2O4/c1-3-18-16(2)14-22-20(18)10-11-21-19-6-4-8-26(33)30-13-5-7-24-28(34)27(29(35)31-24)25(32)12-9-17(19)15-23(21)22/h4,8,10-11,16-24,34H,3,5-7,9,12-15H2,1-2H3,(H,30,33)(H,31,35)/b8-4-/t16-,17?,18-,19+,20+,21-,22+,23?,24+/m1/s1. The second kappa shape index (κ2) is 9.94. The average molecular weight is 481 g/mol. The summed E-state index contributed by atoms with van der Waals surface area (Å²) in [6, 6.07) is -0.540. The molecule has 0 radical (unpaired) electrons. The molecule has 2 bridgehead atoms. The zero-order valence-electron chi connectivity index (χ0n) is 21.0. The Kier molecular flexibility index (Phi) is 6.91. The highest BCUT2D eigenvalue weighted by molar-refractivity contribution is 6.21. The summed E-state index contributed by atoms with van der Waals surface area (Å²) in [6.45, 7) is 5.19. The molecule has 2 heterocycles. The number of carbonyl (C=O) groups is 3. The SMILES string of the molecule is CC[C@H]1[C@@H]2C=C[C@H]3C(CC4CCC(=O)C5=C(O)[C@H](CCCNC(=O)/C=C\C[C@@H]43)NC5=O)[C@H]2C[C@H]1C. The first-order valence-corrected chi connectivity index (χ1v) is 13.8. The van der Waals surface area contributed by atoms with E-state index in [-0.39, 0.29) is 29.4 Å². The molecule has 5 rings (SSSR count). The van der Waals surface area contributed by atoms with E-state index < -0.39 is 11.9 Å². The maximum Gasteiger partial charge on any atom is 0.259 e. The Morgan fingerprint density at radius 3 is 2.60 bits per heavy atom. The van der Waals surface area contributed by atoms with Crippen molar-refractivity contribution < 1.29 is 19.5 Å². The number of fused-ring (bicyclic) bond motifs is 6. The van der Waals surface area contributed by atoms with E-state index in [9.17, 15) is 19.5 Å². The molecule has 6 heteroatoms. The third-order valence-electron chi connectivity index (χ3n) is 9.90. The Morgan fingerprint density at radius 2 is 1.80 bits per heavy atom. The first-order chi connectivity index (χ1) is 16.9. The third kappa shape index (κ3) is 4.49. The van der Waals surface area contributed by atoms with Crippen LogP contribution in [0.2, 0.25) is 0 Å². The highest BCUT2D eigenvalue weighted by Gasteiger charge is 2.52. The number of aliphatic hydroxyl groups excluding tert-OH is 1. The van der Waals surface area contributed by atoms with Gasteiger partial charge < -0.3 is 15.7 Å². The molecule has 3 N–H and O–H groups in total. The van der Waals surface area contributed by atoms with Crippen LogP contribution in [0.1, 0.15) is 65.2 Å². The molecule has 6 nitrogen and oxygen atoms in total. The molecule has 3 aliphatic carbocycles. The molecule has 0 aromatic carbocycles. The summed E-state index contributed by atoms with van der Waals surface area (Å²) in [5.74, 6) is 3.86. The topological polar surface area (TPSA) is 95.5 Å². The molecule has 2 aliphatic heterocycles. The molecule has 2 unspecified atom stereocenters. The maximum absolute atomic E-state index is 13.1. The molecule has 35 heavy (non-hydrogen) atoms. The van der Waals surface area contributed by atoms with Crippen molar-refractivity contribution in [3.05, 3.63) is 35.6 Å². The van der Waals surface area contributed by atoms with Crippen LogP contribution in [0.5, 0.6) is 0 Å². The monoisotopic (exact) mass is 480 g/mol. The van der Waals surface area contributed by atoms with Gasteiger partial charge in [-0.15, -0.1) is 0 Å². The number of rotatable bonds is 1. The Morgan fingerprint density at radius 1 is 1.03 bits per heavy atom. The fraction of sp³-hybridized carbons (Fsp3) is 0.690. The second-order valence-electron chi connectivity index (χ2n) is 11.6. The highest BCUT2D eigenvalue weighted by atomic mass is 16.3. The van der Waals surface area contributed by atoms with Gasteiger partial charge in [-0.3, -0.25) is 14.4 Å². The summed E-state index contributed by atoms with van der Waals surface area (Å²) in [5.41, 5.74) is -0.0478. The quantitative estimate of drug-likeness (QED) is 0.386. The highest BCUT2D eigenvalue weighted by Crippen LogP contribution is 2.59. The van der Waals surface area contributed by atoms with E-state index in [2.05, 4.69) is 36.6 Å². The van der Waals surface area contributed by atoms with Gasteiger partial charge in [-0.2, -0.15) is 0 Å².